The molecule has 1 heterocycles. The van der Waals surface area contributed by atoms with Crippen LogP contribution in [0.5, 0.6) is 17.2 Å². The van der Waals surface area contributed by atoms with E-state index >= 15 is 0 Å². The molecule has 2 aromatic carbocycles. The number of nitrogens with one attached hydrogen (secondary N) is 1. The minimum Gasteiger partial charge on any atom is -0.496 e. The predicted molar refractivity (Wildman–Crippen MR) is 145 cm³/mol. The highest BCUT2D eigenvalue weighted by atomic mass is 35.5. The fourth-order valence-corrected chi connectivity index (χ4v) is 5.06. The minimum atomic E-state index is -0.732. The Morgan fingerprint density at radius 3 is 2.39 bits per heavy atom. The highest BCUT2D eigenvalue weighted by Gasteiger charge is 2.40. The molecule has 1 aliphatic heterocycles. The monoisotopic (exact) mass is 546 g/mol. The van der Waals surface area contributed by atoms with Crippen LogP contribution in [-0.2, 0) is 9.53 Å². The molecule has 10 heteroatoms. The van der Waals surface area contributed by atoms with E-state index in [1.165, 1.54) is 28.1 Å². The van der Waals surface area contributed by atoms with Gasteiger partial charge in [-0.3, -0.25) is 14.5 Å². The summed E-state index contributed by atoms with van der Waals surface area (Å²) in [6.07, 6.45) is 0.654. The lowest BCUT2D eigenvalue weighted by atomic mass is 9.87. The second-order valence-corrected chi connectivity index (χ2v) is 9.93. The molecule has 1 fully saturated rings. The van der Waals surface area contributed by atoms with Crippen LogP contribution in [0.25, 0.3) is 0 Å². The number of nitrogens with zero attached hydrogens (tertiary/aromatic N) is 1. The molecule has 1 N–H and O–H groups in total. The van der Waals surface area contributed by atoms with Crippen molar-refractivity contribution in [2.75, 3.05) is 39.7 Å². The van der Waals surface area contributed by atoms with E-state index in [1.54, 1.807) is 24.3 Å². The van der Waals surface area contributed by atoms with E-state index in [0.717, 1.165) is 0 Å². The quantitative estimate of drug-likeness (QED) is 0.252. The average molecular weight is 547 g/mol. The van der Waals surface area contributed by atoms with E-state index in [-0.39, 0.29) is 58.0 Å². The molecule has 0 radical (unpaired) electrons. The van der Waals surface area contributed by atoms with Crippen molar-refractivity contribution < 1.29 is 33.3 Å². The van der Waals surface area contributed by atoms with Gasteiger partial charge in [-0.2, -0.15) is 0 Å². The first-order valence-corrected chi connectivity index (χ1v) is 12.8. The number of ether oxygens (including phenoxy) is 4. The zero-order valence-corrected chi connectivity index (χ0v) is 23.6. The van der Waals surface area contributed by atoms with Crippen LogP contribution in [0, 0.1) is 0 Å². The molecule has 38 heavy (non-hydrogen) atoms. The smallest absolute Gasteiger partial charge is 0.345 e. The van der Waals surface area contributed by atoms with Gasteiger partial charge in [-0.1, -0.05) is 17.7 Å². The molecule has 0 amide bonds. The molecule has 0 spiro atoms. The van der Waals surface area contributed by atoms with Gasteiger partial charge in [-0.15, -0.1) is 0 Å². The van der Waals surface area contributed by atoms with Crippen LogP contribution in [0.4, 0.5) is 5.69 Å². The van der Waals surface area contributed by atoms with E-state index in [2.05, 4.69) is 10.2 Å². The largest absolute Gasteiger partial charge is 0.496 e. The van der Waals surface area contributed by atoms with E-state index in [1.807, 2.05) is 20.9 Å². The summed E-state index contributed by atoms with van der Waals surface area (Å²) in [7, 11) is 4.85. The summed E-state index contributed by atoms with van der Waals surface area (Å²) in [4.78, 5) is 40.1. The first-order chi connectivity index (χ1) is 18.0. The third kappa shape index (κ3) is 6.22. The van der Waals surface area contributed by atoms with Crippen molar-refractivity contribution in [1.82, 2.24) is 4.90 Å². The van der Waals surface area contributed by atoms with Crippen LogP contribution in [0.1, 0.15) is 66.3 Å². The van der Waals surface area contributed by atoms with Crippen molar-refractivity contribution in [2.24, 2.45) is 0 Å². The lowest BCUT2D eigenvalue weighted by Gasteiger charge is -2.28. The number of carbonyl (C=O) groups is 3. The zero-order valence-electron chi connectivity index (χ0n) is 22.8. The predicted octanol–water partition coefficient (Wildman–Crippen LogP) is 4.95. The Bertz CT molecular complexity index is 1210. The Balaban J connectivity index is 2.19. The number of rotatable bonds is 10. The number of likely N-dealkylation sites (N-methyl/N-ethyl adjacent to an activating group) is 1. The molecular weight excluding hydrogens is 512 g/mol. The van der Waals surface area contributed by atoms with Crippen LogP contribution >= 0.6 is 11.6 Å². The number of Topliss-reactive ketones (excluding diaryl/α,β-unsaturated/α-hetero) is 1. The molecule has 3 rings (SSSR count). The Morgan fingerprint density at radius 1 is 1.13 bits per heavy atom. The van der Waals surface area contributed by atoms with Gasteiger partial charge >= 0.3 is 11.9 Å². The first-order valence-electron chi connectivity index (χ1n) is 12.4. The summed E-state index contributed by atoms with van der Waals surface area (Å²) in [5.41, 5.74) is 1.37. The van der Waals surface area contributed by atoms with Crippen LogP contribution in [0.3, 0.4) is 0 Å². The number of esters is 2. The molecule has 1 aliphatic rings. The average Bonchev–Trinajstić information content (AvgIpc) is 3.22. The maximum absolute atomic E-state index is 13.6. The molecule has 9 nitrogen and oxygen atoms in total. The summed E-state index contributed by atoms with van der Waals surface area (Å²) >= 11 is 6.58. The van der Waals surface area contributed by atoms with Crippen molar-refractivity contribution >= 4 is 35.0 Å². The summed E-state index contributed by atoms with van der Waals surface area (Å²) in [5.74, 6) is -1.10. The Hall–Kier alpha value is -3.30. The van der Waals surface area contributed by atoms with Gasteiger partial charge in [0, 0.05) is 30.5 Å². The molecule has 2 aromatic rings. The number of methoxy groups -OCH3 is 2. The van der Waals surface area contributed by atoms with E-state index in [4.69, 9.17) is 30.5 Å². The maximum Gasteiger partial charge on any atom is 0.345 e. The molecule has 0 bridgehead atoms. The van der Waals surface area contributed by atoms with Crippen molar-refractivity contribution in [1.29, 1.82) is 0 Å². The summed E-state index contributed by atoms with van der Waals surface area (Å²) in [5, 5.41) is 3.42. The van der Waals surface area contributed by atoms with Gasteiger partial charge in [0.2, 0.25) is 0 Å². The lowest BCUT2D eigenvalue weighted by Crippen LogP contribution is -2.34. The minimum absolute atomic E-state index is 0.0464. The number of likely N-dealkylation sites (tertiary alicyclic amines) is 1. The SMILES string of the molecule is COc1cc(OC)c([C@H]2CCN(C)[C@@H]2COC(C)=O)c(OC(=O)c2cccc(NC(C)C)c2Cl)c1C(C)=O. The zero-order chi connectivity index (χ0) is 28.1. The van der Waals surface area contributed by atoms with Gasteiger partial charge in [0.15, 0.2) is 11.5 Å². The van der Waals surface area contributed by atoms with E-state index in [9.17, 15) is 14.4 Å². The van der Waals surface area contributed by atoms with Gasteiger partial charge < -0.3 is 24.3 Å². The molecule has 0 aromatic heterocycles. The second kappa shape index (κ2) is 12.5. The maximum atomic E-state index is 13.6. The molecule has 206 valence electrons. The topological polar surface area (TPSA) is 103 Å². The third-order valence-electron chi connectivity index (χ3n) is 6.55. The molecule has 0 saturated carbocycles. The van der Waals surface area contributed by atoms with Gasteiger partial charge in [0.05, 0.1) is 36.5 Å². The lowest BCUT2D eigenvalue weighted by molar-refractivity contribution is -0.142. The van der Waals surface area contributed by atoms with Gasteiger partial charge in [-0.05, 0) is 52.9 Å². The fraction of sp³-hybridized carbons (Fsp3) is 0.464. The number of halogens is 1. The summed E-state index contributed by atoms with van der Waals surface area (Å²) < 4.78 is 22.6. The molecule has 0 unspecified atom stereocenters. The fourth-order valence-electron chi connectivity index (χ4n) is 4.80. The van der Waals surface area contributed by atoms with Crippen molar-refractivity contribution in [3.05, 3.63) is 46.0 Å². The number of anilines is 1. The molecule has 0 aliphatic carbocycles. The van der Waals surface area contributed by atoms with Gasteiger partial charge in [0.1, 0.15) is 23.7 Å². The highest BCUT2D eigenvalue weighted by molar-refractivity contribution is 6.36. The van der Waals surface area contributed by atoms with E-state index in [0.29, 0.717) is 30.0 Å². The van der Waals surface area contributed by atoms with Gasteiger partial charge in [0.25, 0.3) is 0 Å². The Kier molecular flexibility index (Phi) is 9.62. The first kappa shape index (κ1) is 29.3. The second-order valence-electron chi connectivity index (χ2n) is 9.56. The molecule has 2 atom stereocenters. The van der Waals surface area contributed by atoms with Crippen molar-refractivity contribution in [3.8, 4) is 17.2 Å². The Morgan fingerprint density at radius 2 is 1.82 bits per heavy atom. The number of ketones is 1. The van der Waals surface area contributed by atoms with Gasteiger partial charge in [-0.25, -0.2) is 4.79 Å². The summed E-state index contributed by atoms with van der Waals surface area (Å²) in [6.45, 7) is 7.47. The van der Waals surface area contributed by atoms with Crippen molar-refractivity contribution in [3.63, 3.8) is 0 Å². The number of hydrogen-bond donors (Lipinski definition) is 1. The van der Waals surface area contributed by atoms with Crippen LogP contribution in [0.15, 0.2) is 24.3 Å². The van der Waals surface area contributed by atoms with Crippen LogP contribution < -0.4 is 19.5 Å². The Labute approximate surface area is 228 Å². The van der Waals surface area contributed by atoms with Crippen molar-refractivity contribution in [2.45, 2.75) is 52.1 Å². The molecular formula is C28H35ClN2O7. The van der Waals surface area contributed by atoms with E-state index < -0.39 is 11.9 Å². The van der Waals surface area contributed by atoms with Crippen LogP contribution in [0.2, 0.25) is 5.02 Å². The number of carbonyl (C=O) groups excluding carboxylic acids is 3. The highest BCUT2D eigenvalue weighted by Crippen LogP contribution is 2.48. The standard InChI is InChI=1S/C28H35ClN2O7/c1-15(2)30-20-10-8-9-19(26(20)29)28(34)38-27-24(16(3)32)22(35-6)13-23(36-7)25(27)18-11-12-31(5)21(18)14-37-17(4)33/h8-10,13,15,18,21,30H,11-12,14H2,1-7H3/t18-,21+/m0/s1. The number of benzene rings is 2. The molecule has 1 saturated heterocycles. The number of hydrogen-bond acceptors (Lipinski definition) is 9. The summed E-state index contributed by atoms with van der Waals surface area (Å²) in [6, 6.07) is 6.51. The third-order valence-corrected chi connectivity index (χ3v) is 6.95. The van der Waals surface area contributed by atoms with Crippen LogP contribution in [-0.4, -0.2) is 69.1 Å². The normalized spacial score (nSPS) is 17.3.